The van der Waals surface area contributed by atoms with Crippen LogP contribution in [-0.4, -0.2) is 54.7 Å². The van der Waals surface area contributed by atoms with Gasteiger partial charge in [-0.15, -0.1) is 0 Å². The second-order valence-electron chi connectivity index (χ2n) is 4.63. The summed E-state index contributed by atoms with van der Waals surface area (Å²) in [6.07, 6.45) is 0.914. The Morgan fingerprint density at radius 3 is 3.00 bits per heavy atom. The van der Waals surface area contributed by atoms with Crippen molar-refractivity contribution in [2.24, 2.45) is 0 Å². The number of carboxylic acids is 1. The third kappa shape index (κ3) is 3.96. The molecule has 1 saturated heterocycles. The Labute approximate surface area is 117 Å². The summed E-state index contributed by atoms with van der Waals surface area (Å²) >= 11 is 0. The number of rotatable bonds is 5. The van der Waals surface area contributed by atoms with Crippen LogP contribution >= 0.6 is 0 Å². The molecule has 1 heterocycles. The van der Waals surface area contributed by atoms with Gasteiger partial charge in [-0.2, -0.15) is 0 Å². The van der Waals surface area contributed by atoms with E-state index in [2.05, 4.69) is 5.32 Å². The topological polar surface area (TPSA) is 78.9 Å². The van der Waals surface area contributed by atoms with Crippen LogP contribution < -0.4 is 10.1 Å². The lowest BCUT2D eigenvalue weighted by Crippen LogP contribution is -2.35. The number of para-hydroxylation sites is 1. The van der Waals surface area contributed by atoms with Gasteiger partial charge in [0.2, 0.25) is 5.91 Å². The number of hydrogen-bond donors (Lipinski definition) is 2. The lowest BCUT2D eigenvalue weighted by atomic mass is 10.2. The molecule has 1 amide bonds. The highest BCUT2D eigenvalue weighted by molar-refractivity contribution is 5.90. The Kier molecular flexibility index (Phi) is 4.95. The molecule has 6 nitrogen and oxygen atoms in total. The molecule has 0 unspecified atom stereocenters. The Bertz CT molecular complexity index is 490. The van der Waals surface area contributed by atoms with Crippen LogP contribution in [-0.2, 0) is 4.79 Å². The van der Waals surface area contributed by atoms with E-state index in [1.165, 1.54) is 6.07 Å². The molecular weight excluding hydrogens is 260 g/mol. The lowest BCUT2D eigenvalue weighted by molar-refractivity contribution is -0.121. The molecule has 6 heteroatoms. The van der Waals surface area contributed by atoms with E-state index in [-0.39, 0.29) is 11.5 Å². The molecule has 1 aliphatic rings. The van der Waals surface area contributed by atoms with E-state index in [1.807, 2.05) is 4.90 Å². The fraction of sp³-hybridized carbons (Fsp3) is 0.429. The van der Waals surface area contributed by atoms with E-state index in [1.54, 1.807) is 18.2 Å². The first kappa shape index (κ1) is 14.3. The summed E-state index contributed by atoms with van der Waals surface area (Å²) in [5, 5.41) is 11.8. The molecule has 0 atom stereocenters. The molecule has 1 aromatic rings. The predicted octanol–water partition coefficient (Wildman–Crippen LogP) is 0.586. The molecule has 20 heavy (non-hydrogen) atoms. The summed E-state index contributed by atoms with van der Waals surface area (Å²) in [5.41, 5.74) is 0.154. The number of carbonyl (C=O) groups excluding carboxylic acids is 1. The minimum Gasteiger partial charge on any atom is -0.491 e. The molecule has 1 aliphatic heterocycles. The van der Waals surface area contributed by atoms with Crippen molar-refractivity contribution >= 4 is 11.9 Å². The van der Waals surface area contributed by atoms with Crippen molar-refractivity contribution in [3.63, 3.8) is 0 Å². The van der Waals surface area contributed by atoms with Gasteiger partial charge in [0.25, 0.3) is 0 Å². The van der Waals surface area contributed by atoms with Crippen LogP contribution in [0.15, 0.2) is 24.3 Å². The molecule has 0 spiro atoms. The van der Waals surface area contributed by atoms with E-state index in [0.717, 1.165) is 13.0 Å². The molecule has 0 bridgehead atoms. The van der Waals surface area contributed by atoms with Gasteiger partial charge in [-0.25, -0.2) is 4.79 Å². The number of carbonyl (C=O) groups is 2. The van der Waals surface area contributed by atoms with Gasteiger partial charge in [0.15, 0.2) is 0 Å². The predicted molar refractivity (Wildman–Crippen MR) is 73.0 cm³/mol. The van der Waals surface area contributed by atoms with Crippen molar-refractivity contribution < 1.29 is 19.4 Å². The number of aromatic carboxylic acids is 1. The zero-order chi connectivity index (χ0) is 14.4. The van der Waals surface area contributed by atoms with Gasteiger partial charge in [-0.3, -0.25) is 9.69 Å². The van der Waals surface area contributed by atoms with Gasteiger partial charge in [0, 0.05) is 19.6 Å². The molecule has 1 fully saturated rings. The van der Waals surface area contributed by atoms with Gasteiger partial charge in [-0.1, -0.05) is 12.1 Å². The van der Waals surface area contributed by atoms with Crippen molar-refractivity contribution in [1.29, 1.82) is 0 Å². The first-order valence-electron chi connectivity index (χ1n) is 6.61. The third-order valence-corrected chi connectivity index (χ3v) is 3.12. The highest BCUT2D eigenvalue weighted by Gasteiger charge is 2.15. The Hall–Kier alpha value is -2.08. The fourth-order valence-electron chi connectivity index (χ4n) is 2.11. The molecular formula is C14H18N2O4. The van der Waals surface area contributed by atoms with E-state index >= 15 is 0 Å². The Morgan fingerprint density at radius 2 is 2.20 bits per heavy atom. The highest BCUT2D eigenvalue weighted by Crippen LogP contribution is 2.17. The van der Waals surface area contributed by atoms with Crippen molar-refractivity contribution in [3.05, 3.63) is 29.8 Å². The number of amides is 1. The maximum absolute atomic E-state index is 11.4. The Balaban J connectivity index is 1.86. The number of nitrogens with zero attached hydrogens (tertiary/aromatic N) is 1. The molecule has 0 radical (unpaired) electrons. The fourth-order valence-corrected chi connectivity index (χ4v) is 2.11. The van der Waals surface area contributed by atoms with Gasteiger partial charge in [0.05, 0.1) is 6.54 Å². The van der Waals surface area contributed by atoms with Crippen molar-refractivity contribution in [2.75, 3.05) is 32.8 Å². The van der Waals surface area contributed by atoms with Gasteiger partial charge in [0.1, 0.15) is 17.9 Å². The SMILES string of the molecule is O=C1CN(CCOc2ccccc2C(=O)O)CCCN1. The maximum atomic E-state index is 11.4. The quantitative estimate of drug-likeness (QED) is 0.824. The average molecular weight is 278 g/mol. The van der Waals surface area contributed by atoms with Crippen LogP contribution in [0.25, 0.3) is 0 Å². The van der Waals surface area contributed by atoms with Crippen LogP contribution in [0.2, 0.25) is 0 Å². The zero-order valence-electron chi connectivity index (χ0n) is 11.2. The minimum atomic E-state index is -1.00. The summed E-state index contributed by atoms with van der Waals surface area (Å²) in [5.74, 6) is -0.623. The normalized spacial score (nSPS) is 16.3. The monoisotopic (exact) mass is 278 g/mol. The summed E-state index contributed by atoms with van der Waals surface area (Å²) in [6, 6.07) is 6.55. The number of ether oxygens (including phenoxy) is 1. The van der Waals surface area contributed by atoms with Gasteiger partial charge < -0.3 is 15.2 Å². The first-order chi connectivity index (χ1) is 9.66. The number of carboxylic acid groups (broad SMARTS) is 1. The summed E-state index contributed by atoms with van der Waals surface area (Å²) < 4.78 is 5.52. The summed E-state index contributed by atoms with van der Waals surface area (Å²) in [7, 11) is 0. The number of benzene rings is 1. The molecule has 0 saturated carbocycles. The minimum absolute atomic E-state index is 0.0217. The molecule has 1 aromatic carbocycles. The zero-order valence-corrected chi connectivity index (χ0v) is 11.2. The number of hydrogen-bond acceptors (Lipinski definition) is 4. The van der Waals surface area contributed by atoms with Crippen molar-refractivity contribution in [2.45, 2.75) is 6.42 Å². The van der Waals surface area contributed by atoms with Crippen LogP contribution in [0.1, 0.15) is 16.8 Å². The second-order valence-corrected chi connectivity index (χ2v) is 4.63. The molecule has 0 aliphatic carbocycles. The second kappa shape index (κ2) is 6.91. The lowest BCUT2D eigenvalue weighted by Gasteiger charge is -2.18. The van der Waals surface area contributed by atoms with Gasteiger partial charge in [-0.05, 0) is 18.6 Å². The van der Waals surface area contributed by atoms with Crippen LogP contribution in [0.5, 0.6) is 5.75 Å². The van der Waals surface area contributed by atoms with E-state index in [4.69, 9.17) is 9.84 Å². The highest BCUT2D eigenvalue weighted by atomic mass is 16.5. The van der Waals surface area contributed by atoms with Crippen LogP contribution in [0.4, 0.5) is 0 Å². The third-order valence-electron chi connectivity index (χ3n) is 3.12. The smallest absolute Gasteiger partial charge is 0.339 e. The summed E-state index contributed by atoms with van der Waals surface area (Å²) in [6.45, 7) is 2.86. The first-order valence-corrected chi connectivity index (χ1v) is 6.61. The molecule has 2 rings (SSSR count). The van der Waals surface area contributed by atoms with E-state index < -0.39 is 5.97 Å². The number of nitrogens with one attached hydrogen (secondary N) is 1. The summed E-state index contributed by atoms with van der Waals surface area (Å²) in [4.78, 5) is 24.4. The average Bonchev–Trinajstić information content (AvgIpc) is 2.63. The van der Waals surface area contributed by atoms with E-state index in [0.29, 0.717) is 32.0 Å². The van der Waals surface area contributed by atoms with Crippen molar-refractivity contribution in [1.82, 2.24) is 10.2 Å². The van der Waals surface area contributed by atoms with E-state index in [9.17, 15) is 9.59 Å². The largest absolute Gasteiger partial charge is 0.491 e. The molecule has 2 N–H and O–H groups in total. The Morgan fingerprint density at radius 1 is 1.40 bits per heavy atom. The van der Waals surface area contributed by atoms with Crippen molar-refractivity contribution in [3.8, 4) is 5.75 Å². The van der Waals surface area contributed by atoms with Crippen LogP contribution in [0.3, 0.4) is 0 Å². The molecule has 0 aromatic heterocycles. The standard InChI is InChI=1S/C14H18N2O4/c17-13-10-16(7-3-6-15-13)8-9-20-12-5-2-1-4-11(12)14(18)19/h1-2,4-5H,3,6-10H2,(H,15,17)(H,18,19). The van der Waals surface area contributed by atoms with Crippen LogP contribution in [0, 0.1) is 0 Å². The maximum Gasteiger partial charge on any atom is 0.339 e. The molecule has 108 valence electrons. The van der Waals surface area contributed by atoms with Gasteiger partial charge >= 0.3 is 5.97 Å².